The Morgan fingerprint density at radius 1 is 1.20 bits per heavy atom. The first-order chi connectivity index (χ1) is 7.06. The van der Waals surface area contributed by atoms with E-state index in [4.69, 9.17) is 23.2 Å². The van der Waals surface area contributed by atoms with Crippen LogP contribution in [0.1, 0.15) is 39.6 Å². The van der Waals surface area contributed by atoms with Gasteiger partial charge in [0.2, 0.25) is 0 Å². The minimum absolute atomic E-state index is 0.391. The van der Waals surface area contributed by atoms with E-state index >= 15 is 0 Å². The van der Waals surface area contributed by atoms with Crippen molar-refractivity contribution in [3.05, 3.63) is 34.9 Å². The first-order valence-corrected chi connectivity index (χ1v) is 5.34. The highest BCUT2D eigenvalue weighted by molar-refractivity contribution is 6.68. The molecular weight excluding hydrogens is 235 g/mol. The quantitative estimate of drug-likeness (QED) is 0.762. The van der Waals surface area contributed by atoms with Gasteiger partial charge >= 0.3 is 0 Å². The van der Waals surface area contributed by atoms with Gasteiger partial charge in [-0.25, -0.2) is 0 Å². The molecule has 0 aliphatic rings. The Morgan fingerprint density at radius 3 is 2.33 bits per heavy atom. The van der Waals surface area contributed by atoms with Crippen molar-refractivity contribution < 1.29 is 9.59 Å². The minimum Gasteiger partial charge on any atom is -0.276 e. The molecule has 80 valence electrons. The van der Waals surface area contributed by atoms with E-state index in [0.717, 1.165) is 12.0 Å². The standard InChI is InChI=1S/C11H10Cl2O2/c1-2-3-7-6-8(10(12)14)4-5-9(7)11(13)15/h4-6H,2-3H2,1H3. The van der Waals surface area contributed by atoms with Crippen LogP contribution in [-0.2, 0) is 6.42 Å². The van der Waals surface area contributed by atoms with Gasteiger partial charge in [0.15, 0.2) is 0 Å². The van der Waals surface area contributed by atoms with E-state index < -0.39 is 10.5 Å². The third-order valence-electron chi connectivity index (χ3n) is 2.06. The highest BCUT2D eigenvalue weighted by Crippen LogP contribution is 2.17. The molecule has 2 nitrogen and oxygen atoms in total. The molecule has 4 heteroatoms. The van der Waals surface area contributed by atoms with Gasteiger partial charge in [0, 0.05) is 11.1 Å². The van der Waals surface area contributed by atoms with Crippen molar-refractivity contribution in [2.24, 2.45) is 0 Å². The summed E-state index contributed by atoms with van der Waals surface area (Å²) >= 11 is 10.8. The molecule has 0 aliphatic carbocycles. The molecule has 0 spiro atoms. The van der Waals surface area contributed by atoms with Gasteiger partial charge in [-0.2, -0.15) is 0 Å². The van der Waals surface area contributed by atoms with Gasteiger partial charge in [0.05, 0.1) is 0 Å². The molecule has 15 heavy (non-hydrogen) atoms. The predicted molar refractivity (Wildman–Crippen MR) is 60.8 cm³/mol. The van der Waals surface area contributed by atoms with Gasteiger partial charge in [-0.15, -0.1) is 0 Å². The van der Waals surface area contributed by atoms with Crippen molar-refractivity contribution >= 4 is 33.7 Å². The maximum atomic E-state index is 11.1. The summed E-state index contributed by atoms with van der Waals surface area (Å²) in [6, 6.07) is 4.66. The molecular formula is C11H10Cl2O2. The summed E-state index contributed by atoms with van der Waals surface area (Å²) in [5.41, 5.74) is 1.60. The highest BCUT2D eigenvalue weighted by Gasteiger charge is 2.11. The van der Waals surface area contributed by atoms with Gasteiger partial charge in [0.25, 0.3) is 10.5 Å². The Hall–Kier alpha value is -0.860. The van der Waals surface area contributed by atoms with E-state index in [9.17, 15) is 9.59 Å². The first-order valence-electron chi connectivity index (χ1n) is 4.58. The Bertz CT molecular complexity index is 400. The maximum Gasteiger partial charge on any atom is 0.252 e. The molecule has 1 aromatic carbocycles. The number of aryl methyl sites for hydroxylation is 1. The molecule has 0 radical (unpaired) electrons. The van der Waals surface area contributed by atoms with Gasteiger partial charge in [-0.1, -0.05) is 13.3 Å². The number of hydrogen-bond donors (Lipinski definition) is 0. The third kappa shape index (κ3) is 3.05. The molecule has 0 amide bonds. The summed E-state index contributed by atoms with van der Waals surface area (Å²) < 4.78 is 0. The van der Waals surface area contributed by atoms with Crippen LogP contribution in [-0.4, -0.2) is 10.5 Å². The Morgan fingerprint density at radius 2 is 1.87 bits per heavy atom. The fraction of sp³-hybridized carbons (Fsp3) is 0.273. The van der Waals surface area contributed by atoms with Crippen LogP contribution in [0.5, 0.6) is 0 Å². The van der Waals surface area contributed by atoms with Gasteiger partial charge in [-0.3, -0.25) is 9.59 Å². The van der Waals surface area contributed by atoms with Crippen molar-refractivity contribution in [3.8, 4) is 0 Å². The van der Waals surface area contributed by atoms with E-state index in [1.807, 2.05) is 6.92 Å². The molecule has 0 aromatic heterocycles. The lowest BCUT2D eigenvalue weighted by atomic mass is 10.0. The van der Waals surface area contributed by atoms with Gasteiger partial charge < -0.3 is 0 Å². The molecule has 0 atom stereocenters. The van der Waals surface area contributed by atoms with E-state index in [0.29, 0.717) is 17.5 Å². The SMILES string of the molecule is CCCc1cc(C(=O)Cl)ccc1C(=O)Cl. The summed E-state index contributed by atoms with van der Waals surface area (Å²) in [6.07, 6.45) is 1.57. The van der Waals surface area contributed by atoms with E-state index in [-0.39, 0.29) is 0 Å². The lowest BCUT2D eigenvalue weighted by molar-refractivity contribution is 0.106. The number of halogens is 2. The number of carbonyl (C=O) groups is 2. The molecule has 1 rings (SSSR count). The second kappa shape index (κ2) is 5.29. The molecule has 0 unspecified atom stereocenters. The van der Waals surface area contributed by atoms with Crippen LogP contribution < -0.4 is 0 Å². The molecule has 0 saturated carbocycles. The smallest absolute Gasteiger partial charge is 0.252 e. The van der Waals surface area contributed by atoms with Crippen LogP contribution in [0, 0.1) is 0 Å². The fourth-order valence-electron chi connectivity index (χ4n) is 1.38. The van der Waals surface area contributed by atoms with Crippen LogP contribution in [0.3, 0.4) is 0 Å². The molecule has 0 saturated heterocycles. The zero-order chi connectivity index (χ0) is 11.4. The fourth-order valence-corrected chi connectivity index (χ4v) is 1.69. The second-order valence-electron chi connectivity index (χ2n) is 3.17. The summed E-state index contributed by atoms with van der Waals surface area (Å²) in [5.74, 6) is 0. The number of carbonyl (C=O) groups excluding carboxylic acids is 2. The molecule has 0 heterocycles. The molecule has 0 bridgehead atoms. The minimum atomic E-state index is -0.527. The summed E-state index contributed by atoms with van der Waals surface area (Å²) in [6.45, 7) is 1.98. The Balaban J connectivity index is 3.20. The number of hydrogen-bond acceptors (Lipinski definition) is 2. The normalized spacial score (nSPS) is 10.1. The topological polar surface area (TPSA) is 34.1 Å². The van der Waals surface area contributed by atoms with Crippen LogP contribution in [0.25, 0.3) is 0 Å². The average molecular weight is 245 g/mol. The van der Waals surface area contributed by atoms with Crippen molar-refractivity contribution in [3.63, 3.8) is 0 Å². The van der Waals surface area contributed by atoms with Crippen LogP contribution >= 0.6 is 23.2 Å². The van der Waals surface area contributed by atoms with Crippen LogP contribution in [0.2, 0.25) is 0 Å². The lowest BCUT2D eigenvalue weighted by Gasteiger charge is -2.05. The van der Waals surface area contributed by atoms with Gasteiger partial charge in [-0.05, 0) is 53.4 Å². The second-order valence-corrected chi connectivity index (χ2v) is 3.86. The highest BCUT2D eigenvalue weighted by atomic mass is 35.5. The Labute approximate surface area is 98.2 Å². The zero-order valence-corrected chi connectivity index (χ0v) is 9.73. The van der Waals surface area contributed by atoms with Crippen molar-refractivity contribution in [2.75, 3.05) is 0 Å². The monoisotopic (exact) mass is 244 g/mol. The van der Waals surface area contributed by atoms with Gasteiger partial charge in [0.1, 0.15) is 0 Å². The van der Waals surface area contributed by atoms with E-state index in [2.05, 4.69) is 0 Å². The average Bonchev–Trinajstić information content (AvgIpc) is 2.17. The third-order valence-corrected chi connectivity index (χ3v) is 2.49. The lowest BCUT2D eigenvalue weighted by Crippen LogP contribution is -2.00. The van der Waals surface area contributed by atoms with Crippen LogP contribution in [0.15, 0.2) is 18.2 Å². The number of benzene rings is 1. The van der Waals surface area contributed by atoms with Crippen molar-refractivity contribution in [1.82, 2.24) is 0 Å². The largest absolute Gasteiger partial charge is 0.276 e. The summed E-state index contributed by atoms with van der Waals surface area (Å²) in [5, 5.41) is -1.03. The number of rotatable bonds is 4. The maximum absolute atomic E-state index is 11.1. The molecule has 0 fully saturated rings. The zero-order valence-electron chi connectivity index (χ0n) is 8.22. The van der Waals surface area contributed by atoms with E-state index in [1.54, 1.807) is 6.07 Å². The van der Waals surface area contributed by atoms with Crippen molar-refractivity contribution in [2.45, 2.75) is 19.8 Å². The Kier molecular flexibility index (Phi) is 4.30. The molecule has 0 aliphatic heterocycles. The summed E-state index contributed by atoms with van der Waals surface area (Å²) in [7, 11) is 0. The summed E-state index contributed by atoms with van der Waals surface area (Å²) in [4.78, 5) is 22.0. The first kappa shape index (κ1) is 12.2. The predicted octanol–water partition coefficient (Wildman–Crippen LogP) is 3.40. The van der Waals surface area contributed by atoms with E-state index in [1.165, 1.54) is 12.1 Å². The molecule has 0 N–H and O–H groups in total. The van der Waals surface area contributed by atoms with Crippen LogP contribution in [0.4, 0.5) is 0 Å². The van der Waals surface area contributed by atoms with Crippen molar-refractivity contribution in [1.29, 1.82) is 0 Å². The molecule has 1 aromatic rings.